The van der Waals surface area contributed by atoms with Crippen LogP contribution in [0.4, 0.5) is 4.39 Å². The van der Waals surface area contributed by atoms with E-state index >= 15 is 0 Å². The number of rotatable bonds is 5. The van der Waals surface area contributed by atoms with E-state index in [0.717, 1.165) is 34.3 Å². The summed E-state index contributed by atoms with van der Waals surface area (Å²) in [7, 11) is 0. The maximum absolute atomic E-state index is 14.4. The molecule has 3 heterocycles. The highest BCUT2D eigenvalue weighted by Crippen LogP contribution is 2.34. The summed E-state index contributed by atoms with van der Waals surface area (Å²) in [6.45, 7) is 0.355. The number of carbonyl (C=O) groups is 1. The molecule has 0 unspecified atom stereocenters. The molecule has 0 aliphatic carbocycles. The van der Waals surface area contributed by atoms with Crippen LogP contribution in [0.1, 0.15) is 34.9 Å². The van der Waals surface area contributed by atoms with Gasteiger partial charge in [0.15, 0.2) is 0 Å². The number of halogens is 1. The van der Waals surface area contributed by atoms with E-state index in [4.69, 9.17) is 9.84 Å². The van der Waals surface area contributed by atoms with E-state index in [1.165, 1.54) is 12.1 Å². The van der Waals surface area contributed by atoms with Gasteiger partial charge in [0.1, 0.15) is 42.4 Å². The van der Waals surface area contributed by atoms with Gasteiger partial charge in [0.05, 0.1) is 6.61 Å². The number of ether oxygens (including phenoxy) is 1. The zero-order valence-corrected chi connectivity index (χ0v) is 20.3. The Balaban J connectivity index is 0.000000325. The second-order valence-corrected chi connectivity index (χ2v) is 10.2. The van der Waals surface area contributed by atoms with Crippen LogP contribution < -0.4 is 5.32 Å². The first kappa shape index (κ1) is 26.6. The smallest absolute Gasteiger partial charge is 0.320 e. The molecule has 5 rings (SSSR count). The lowest BCUT2D eigenvalue weighted by molar-refractivity contribution is -0.231. The number of fused-ring (bicyclic) bond motifs is 1. The SMILES string of the molecule is O=C(O)[C@@H]1CCCN1.OC[C@H]1O[C@@H](c2ccc(F)c(Cc3cc4ccccc4s3)c2)[C@H](O)[C@@H](O)[C@@H]1O. The molecule has 2 fully saturated rings. The molecule has 2 aromatic carbocycles. The highest BCUT2D eigenvalue weighted by molar-refractivity contribution is 7.19. The monoisotopic (exact) mass is 519 g/mol. The molecule has 1 aromatic heterocycles. The third-order valence-corrected chi connectivity index (χ3v) is 7.61. The van der Waals surface area contributed by atoms with Crippen LogP contribution in [-0.4, -0.2) is 75.1 Å². The second kappa shape index (κ2) is 11.7. The number of benzene rings is 2. The Hall–Kier alpha value is -2.44. The van der Waals surface area contributed by atoms with E-state index in [-0.39, 0.29) is 11.9 Å². The number of hydrogen-bond acceptors (Lipinski definition) is 8. The Bertz CT molecular complexity index is 1150. The molecular formula is C26H30FNO7S. The fourth-order valence-electron chi connectivity index (χ4n) is 4.49. The first-order valence-electron chi connectivity index (χ1n) is 11.8. The minimum atomic E-state index is -1.47. The molecule has 10 heteroatoms. The summed E-state index contributed by atoms with van der Waals surface area (Å²) in [6, 6.07) is 14.1. The van der Waals surface area contributed by atoms with E-state index in [1.54, 1.807) is 17.4 Å². The Morgan fingerprint density at radius 1 is 1.08 bits per heavy atom. The van der Waals surface area contributed by atoms with Crippen LogP contribution in [0.5, 0.6) is 0 Å². The number of aliphatic hydroxyl groups excluding tert-OH is 4. The maximum atomic E-state index is 14.4. The van der Waals surface area contributed by atoms with Gasteiger partial charge in [-0.1, -0.05) is 24.3 Å². The molecule has 3 aromatic rings. The summed E-state index contributed by atoms with van der Waals surface area (Å²) in [5.41, 5.74) is 0.926. The standard InChI is InChI=1S/C21H21FO5S.C5H9NO2/c22-15-6-5-12(21-20(26)19(25)18(24)16(10-23)27-21)7-13(15)9-14-8-11-3-1-2-4-17(11)28-14;7-5(8)4-2-1-3-6-4/h1-8,16,18-21,23-26H,9-10H2;4,6H,1-3H2,(H,7,8)/t16-,18-,19+,20-,21+;4-/m10/s1. The maximum Gasteiger partial charge on any atom is 0.320 e. The molecule has 194 valence electrons. The van der Waals surface area contributed by atoms with Crippen molar-refractivity contribution in [1.82, 2.24) is 5.32 Å². The minimum absolute atomic E-state index is 0.269. The van der Waals surface area contributed by atoms with Crippen LogP contribution in [0.15, 0.2) is 48.5 Å². The molecule has 2 aliphatic heterocycles. The van der Waals surface area contributed by atoms with E-state index in [2.05, 4.69) is 5.32 Å². The van der Waals surface area contributed by atoms with Crippen LogP contribution >= 0.6 is 11.3 Å². The van der Waals surface area contributed by atoms with Crippen molar-refractivity contribution in [3.63, 3.8) is 0 Å². The number of aliphatic hydroxyl groups is 4. The molecule has 0 radical (unpaired) electrons. The van der Waals surface area contributed by atoms with Crippen LogP contribution in [0.25, 0.3) is 10.1 Å². The second-order valence-electron chi connectivity index (χ2n) is 9.01. The van der Waals surface area contributed by atoms with Crippen molar-refractivity contribution < 1.29 is 39.5 Å². The Morgan fingerprint density at radius 3 is 2.50 bits per heavy atom. The van der Waals surface area contributed by atoms with E-state index in [9.17, 15) is 29.6 Å². The lowest BCUT2D eigenvalue weighted by Crippen LogP contribution is -2.55. The van der Waals surface area contributed by atoms with Crippen molar-refractivity contribution >= 4 is 27.4 Å². The molecule has 0 spiro atoms. The summed E-state index contributed by atoms with van der Waals surface area (Å²) in [5, 5.41) is 51.9. The molecule has 2 aliphatic rings. The van der Waals surface area contributed by atoms with Crippen molar-refractivity contribution in [1.29, 1.82) is 0 Å². The molecule has 0 saturated carbocycles. The predicted octanol–water partition coefficient (Wildman–Crippen LogP) is 1.97. The Labute approximate surface area is 211 Å². The van der Waals surface area contributed by atoms with E-state index in [1.807, 2.05) is 30.3 Å². The summed E-state index contributed by atoms with van der Waals surface area (Å²) < 4.78 is 21.1. The summed E-state index contributed by atoms with van der Waals surface area (Å²) >= 11 is 1.59. The normalized spacial score (nSPS) is 28.0. The number of aliphatic carboxylic acids is 1. The highest BCUT2D eigenvalue weighted by Gasteiger charge is 2.44. The van der Waals surface area contributed by atoms with Crippen LogP contribution in [0.3, 0.4) is 0 Å². The first-order chi connectivity index (χ1) is 17.3. The van der Waals surface area contributed by atoms with Crippen molar-refractivity contribution in [3.05, 3.63) is 70.4 Å². The molecule has 0 amide bonds. The Kier molecular flexibility index (Phi) is 8.68. The number of thiophene rings is 1. The minimum Gasteiger partial charge on any atom is -0.480 e. The van der Waals surface area contributed by atoms with Crippen molar-refractivity contribution in [2.75, 3.05) is 13.2 Å². The van der Waals surface area contributed by atoms with Gasteiger partial charge < -0.3 is 35.6 Å². The molecular weight excluding hydrogens is 489 g/mol. The predicted molar refractivity (Wildman–Crippen MR) is 132 cm³/mol. The van der Waals surface area contributed by atoms with Gasteiger partial charge in [0, 0.05) is 16.0 Å². The van der Waals surface area contributed by atoms with Crippen LogP contribution in [-0.2, 0) is 16.0 Å². The third-order valence-electron chi connectivity index (χ3n) is 6.49. The first-order valence-corrected chi connectivity index (χ1v) is 12.6. The fraction of sp³-hybridized carbons (Fsp3) is 0.423. The summed E-state index contributed by atoms with van der Waals surface area (Å²) in [4.78, 5) is 11.1. The van der Waals surface area contributed by atoms with Gasteiger partial charge in [-0.2, -0.15) is 0 Å². The average molecular weight is 520 g/mol. The van der Waals surface area contributed by atoms with Gasteiger partial charge in [0.25, 0.3) is 0 Å². The highest BCUT2D eigenvalue weighted by atomic mass is 32.1. The largest absolute Gasteiger partial charge is 0.480 e. The fourth-order valence-corrected chi connectivity index (χ4v) is 5.58. The number of nitrogens with one attached hydrogen (secondary N) is 1. The van der Waals surface area contributed by atoms with Gasteiger partial charge in [-0.15, -0.1) is 11.3 Å². The zero-order valence-electron chi connectivity index (χ0n) is 19.5. The topological polar surface area (TPSA) is 139 Å². The molecule has 6 atom stereocenters. The average Bonchev–Trinajstić information content (AvgIpc) is 3.55. The van der Waals surface area contributed by atoms with E-state index in [0.29, 0.717) is 17.5 Å². The Morgan fingerprint density at radius 2 is 1.86 bits per heavy atom. The van der Waals surface area contributed by atoms with E-state index < -0.39 is 43.1 Å². The van der Waals surface area contributed by atoms with Crippen LogP contribution in [0, 0.1) is 5.82 Å². The third kappa shape index (κ3) is 5.92. The number of carboxylic acids is 1. The van der Waals surface area contributed by atoms with Gasteiger partial charge >= 0.3 is 5.97 Å². The molecule has 0 bridgehead atoms. The molecule has 2 saturated heterocycles. The molecule has 36 heavy (non-hydrogen) atoms. The molecule has 8 nitrogen and oxygen atoms in total. The van der Waals surface area contributed by atoms with Crippen molar-refractivity contribution in [2.24, 2.45) is 0 Å². The summed E-state index contributed by atoms with van der Waals surface area (Å²) in [6.07, 6.45) is -4.08. The lowest BCUT2D eigenvalue weighted by Gasteiger charge is -2.40. The molecule has 6 N–H and O–H groups in total. The van der Waals surface area contributed by atoms with Gasteiger partial charge in [-0.3, -0.25) is 4.79 Å². The van der Waals surface area contributed by atoms with Gasteiger partial charge in [-0.25, -0.2) is 4.39 Å². The zero-order chi connectivity index (χ0) is 25.8. The summed E-state index contributed by atoms with van der Waals surface area (Å²) in [5.74, 6) is -1.09. The lowest BCUT2D eigenvalue weighted by atomic mass is 9.90. The quantitative estimate of drug-likeness (QED) is 0.301. The number of carboxylic acid groups (broad SMARTS) is 1. The van der Waals surface area contributed by atoms with Gasteiger partial charge in [-0.05, 0) is 60.2 Å². The van der Waals surface area contributed by atoms with Gasteiger partial charge in [0.2, 0.25) is 0 Å². The van der Waals surface area contributed by atoms with Crippen molar-refractivity contribution in [3.8, 4) is 0 Å². The van der Waals surface area contributed by atoms with Crippen LogP contribution in [0.2, 0.25) is 0 Å². The number of hydrogen-bond donors (Lipinski definition) is 6. The van der Waals surface area contributed by atoms with Crippen molar-refractivity contribution in [2.45, 2.75) is 55.8 Å².